The van der Waals surface area contributed by atoms with Gasteiger partial charge in [0.2, 0.25) is 5.78 Å². The number of ether oxygens (including phenoxy) is 7. The first-order valence-electron chi connectivity index (χ1n) is 24.9. The van der Waals surface area contributed by atoms with E-state index in [0.717, 1.165) is 12.8 Å². The Bertz CT molecular complexity index is 2450. The van der Waals surface area contributed by atoms with Crippen molar-refractivity contribution in [2.45, 2.75) is 156 Å². The van der Waals surface area contributed by atoms with Crippen molar-refractivity contribution in [1.82, 2.24) is 10.2 Å². The number of carboxylic acids is 1. The predicted molar refractivity (Wildman–Crippen MR) is 256 cm³/mol. The average Bonchev–Trinajstić information content (AvgIpc) is 4.08. The second-order valence-corrected chi connectivity index (χ2v) is 21.1. The number of phenolic OH excluding ortho intramolecular Hbond substituents is 1. The summed E-state index contributed by atoms with van der Waals surface area (Å²) in [4.78, 5) is 85.3. The van der Waals surface area contributed by atoms with Gasteiger partial charge in [0.25, 0.3) is 11.7 Å². The number of likely N-dealkylation sites (tertiary alicyclic amines) is 1. The fourth-order valence-electron chi connectivity index (χ4n) is 10.5. The van der Waals surface area contributed by atoms with Crippen LogP contribution in [0, 0.1) is 36.0 Å². The Morgan fingerprint density at radius 3 is 2.32 bits per heavy atom. The van der Waals surface area contributed by atoms with Gasteiger partial charge in [-0.2, -0.15) is 0 Å². The van der Waals surface area contributed by atoms with Crippen LogP contribution in [0.4, 0.5) is 0 Å². The van der Waals surface area contributed by atoms with Gasteiger partial charge in [-0.05, 0) is 85.9 Å². The van der Waals surface area contributed by atoms with Gasteiger partial charge in [-0.1, -0.05) is 39.0 Å². The molecule has 0 radical (unpaired) electrons. The second kappa shape index (κ2) is 21.7. The number of benzene rings is 1. The molecule has 13 atom stereocenters. The van der Waals surface area contributed by atoms with E-state index < -0.39 is 125 Å². The van der Waals surface area contributed by atoms with Crippen LogP contribution in [-0.2, 0) is 42.8 Å². The highest BCUT2D eigenvalue weighted by Gasteiger charge is 2.53. The first kappa shape index (κ1) is 54.5. The normalized spacial score (nSPS) is 34.9. The molecule has 5 bridgehead atoms. The van der Waals surface area contributed by atoms with Crippen LogP contribution >= 0.6 is 0 Å². The van der Waals surface area contributed by atoms with E-state index >= 15 is 0 Å². The molecule has 0 spiro atoms. The minimum atomic E-state index is -2.14. The number of nitrogens with one attached hydrogen (secondary N) is 1. The van der Waals surface area contributed by atoms with E-state index in [4.69, 9.17) is 33.2 Å². The summed E-state index contributed by atoms with van der Waals surface area (Å²) >= 11 is 0. The average molecular weight is 1010 g/mol. The number of hydrogen-bond donors (Lipinski definition) is 5. The molecule has 1 aromatic rings. The smallest absolute Gasteiger partial charge is 0.312 e. The number of allylic oxidation sites excluding steroid dienone is 3. The van der Waals surface area contributed by atoms with Crippen LogP contribution < -0.4 is 10.1 Å². The first-order valence-corrected chi connectivity index (χ1v) is 24.9. The van der Waals surface area contributed by atoms with E-state index in [1.54, 1.807) is 39.8 Å². The topological polar surface area (TPSA) is 263 Å². The Balaban J connectivity index is 1.31. The van der Waals surface area contributed by atoms with Gasteiger partial charge in [0.1, 0.15) is 30.5 Å². The largest absolute Gasteiger partial charge is 0.507 e. The zero-order chi connectivity index (χ0) is 52.7. The summed E-state index contributed by atoms with van der Waals surface area (Å²) in [6.45, 7) is 17.1. The van der Waals surface area contributed by atoms with E-state index in [9.17, 15) is 49.2 Å². The molecule has 19 heteroatoms. The van der Waals surface area contributed by atoms with Crippen molar-refractivity contribution >= 4 is 35.2 Å². The van der Waals surface area contributed by atoms with Gasteiger partial charge >= 0.3 is 17.7 Å². The quantitative estimate of drug-likeness (QED) is 0.199. The van der Waals surface area contributed by atoms with Crippen molar-refractivity contribution in [3.8, 4) is 11.5 Å². The number of rotatable bonds is 9. The molecule has 394 valence electrons. The minimum absolute atomic E-state index is 0.0189. The SMILES string of the molecule is C/C1=C/C=C/[C@H](C(C)OC(=O)C(C)(C)CC(=O)O)C[C@@H](C)[C@@H](O)[C@@H](C)[C@H](O)[C@H](C)[C@@H](O[C@H]2C[C@@H]3OCO[C@@H]3[C@@H](C)O2)/C=C/O[C@@]2(C)Oc3c(C)c(O)c4c(c3C2=O)C(=O)C(CN2CCCC2)=C(NC1=O)C4=O. The maximum Gasteiger partial charge on any atom is 0.312 e. The minimum Gasteiger partial charge on any atom is -0.507 e. The standard InChI is InChI=1S/C53H70N2O17/c1-25-14-13-15-32(30(6)70-51(65)52(8,9)22-36(56)57)20-26(2)42(58)28(4)43(59)27(3)34(71-37-21-35-48(31(7)69-37)67-24-66-35)16-19-68-53(10)49(63)40-38-39(44(60)29(5)47(40)72-53)46(62)41(54-50(25)64)33(45(38)61)23-55-17-11-12-18-55/h13-16,19,26-28,30-32,34-35,37,42-43,48,58-60H,11-12,17-18,20-24H2,1-10H3,(H,54,64)(H,56,57)/b15-13+,19-16+,25-14-/t26-,27-,28-,30?,31-,32+,34+,35+,37+,42-,43-,48-,53+/m1/s1. The van der Waals surface area contributed by atoms with Gasteiger partial charge in [-0.3, -0.25) is 33.7 Å². The van der Waals surface area contributed by atoms with Gasteiger partial charge in [0.05, 0.1) is 71.0 Å². The summed E-state index contributed by atoms with van der Waals surface area (Å²) in [6, 6.07) is 0. The fourth-order valence-corrected chi connectivity index (χ4v) is 10.5. The molecule has 6 aliphatic heterocycles. The summed E-state index contributed by atoms with van der Waals surface area (Å²) in [5.41, 5.74) is -2.83. The first-order chi connectivity index (χ1) is 33.8. The van der Waals surface area contributed by atoms with Gasteiger partial charge in [0, 0.05) is 54.4 Å². The number of ketones is 3. The molecular formula is C53H70N2O17. The second-order valence-electron chi connectivity index (χ2n) is 21.1. The van der Waals surface area contributed by atoms with E-state index in [1.165, 1.54) is 53.0 Å². The van der Waals surface area contributed by atoms with Crippen LogP contribution in [0.1, 0.15) is 131 Å². The third kappa shape index (κ3) is 11.0. The molecule has 6 heterocycles. The van der Waals surface area contributed by atoms with Crippen LogP contribution in [0.15, 0.2) is 47.4 Å². The van der Waals surface area contributed by atoms with Crippen LogP contribution in [0.2, 0.25) is 0 Å². The molecule has 1 aromatic carbocycles. The number of amides is 1. The highest BCUT2D eigenvalue weighted by atomic mass is 16.7. The Hall–Kier alpha value is -5.28. The van der Waals surface area contributed by atoms with Crippen molar-refractivity contribution in [2.75, 3.05) is 26.4 Å². The summed E-state index contributed by atoms with van der Waals surface area (Å²) in [5, 5.41) is 47.9. The van der Waals surface area contributed by atoms with Crippen molar-refractivity contribution in [1.29, 1.82) is 0 Å². The molecule has 1 unspecified atom stereocenters. The van der Waals surface area contributed by atoms with Gasteiger partial charge in [0.15, 0.2) is 12.1 Å². The maximum atomic E-state index is 14.9. The third-order valence-corrected chi connectivity index (χ3v) is 15.2. The molecule has 1 aliphatic carbocycles. The molecule has 8 rings (SSSR count). The molecule has 3 fully saturated rings. The summed E-state index contributed by atoms with van der Waals surface area (Å²) in [6.07, 6.45) is 2.84. The number of fused-ring (bicyclic) bond motifs is 15. The molecule has 0 aromatic heterocycles. The lowest BCUT2D eigenvalue weighted by Gasteiger charge is -2.39. The molecule has 19 nitrogen and oxygen atoms in total. The van der Waals surface area contributed by atoms with Crippen molar-refractivity contribution in [2.24, 2.45) is 29.1 Å². The summed E-state index contributed by atoms with van der Waals surface area (Å²) in [7, 11) is 0. The van der Waals surface area contributed by atoms with Crippen LogP contribution in [-0.4, -0.2) is 142 Å². The van der Waals surface area contributed by atoms with Crippen molar-refractivity contribution in [3.63, 3.8) is 0 Å². The number of carbonyl (C=O) groups excluding carboxylic acids is 5. The lowest BCUT2D eigenvalue weighted by molar-refractivity contribution is -0.245. The number of aliphatic carboxylic acids is 1. The monoisotopic (exact) mass is 1010 g/mol. The molecule has 1 amide bonds. The zero-order valence-electron chi connectivity index (χ0n) is 42.7. The highest BCUT2D eigenvalue weighted by Crippen LogP contribution is 2.49. The lowest BCUT2D eigenvalue weighted by atomic mass is 9.78. The number of carbonyl (C=O) groups is 6. The molecule has 5 N–H and O–H groups in total. The van der Waals surface area contributed by atoms with Crippen LogP contribution in [0.3, 0.4) is 0 Å². The van der Waals surface area contributed by atoms with E-state index in [-0.39, 0.29) is 77.7 Å². The molecule has 7 aliphatic rings. The number of esters is 1. The van der Waals surface area contributed by atoms with Crippen molar-refractivity contribution < 1.29 is 82.4 Å². The Kier molecular flexibility index (Phi) is 16.4. The van der Waals surface area contributed by atoms with Gasteiger partial charge < -0.3 is 58.9 Å². The number of Topliss-reactive ketones (excluding diaryl/α,β-unsaturated/α-hetero) is 3. The maximum absolute atomic E-state index is 14.9. The predicted octanol–water partition coefficient (Wildman–Crippen LogP) is 5.21. The van der Waals surface area contributed by atoms with E-state index in [2.05, 4.69) is 5.32 Å². The number of phenols is 1. The van der Waals surface area contributed by atoms with E-state index in [0.29, 0.717) is 13.1 Å². The number of hydrogen-bond acceptors (Lipinski definition) is 17. The summed E-state index contributed by atoms with van der Waals surface area (Å²) < 4.78 is 42.5. The van der Waals surface area contributed by atoms with Crippen LogP contribution in [0.5, 0.6) is 11.5 Å². The number of carboxylic acid groups (broad SMARTS) is 1. The van der Waals surface area contributed by atoms with Crippen LogP contribution in [0.25, 0.3) is 0 Å². The molecule has 0 saturated carbocycles. The van der Waals surface area contributed by atoms with E-state index in [1.807, 2.05) is 11.8 Å². The molecular weight excluding hydrogens is 937 g/mol. The zero-order valence-corrected chi connectivity index (χ0v) is 42.7. The lowest BCUT2D eigenvalue weighted by Crippen LogP contribution is -2.48. The number of aliphatic hydroxyl groups is 2. The molecule has 72 heavy (non-hydrogen) atoms. The fraction of sp³-hybridized carbons (Fsp3) is 0.623. The molecule has 3 saturated heterocycles. The number of nitrogens with zero attached hydrogens (tertiary/aromatic N) is 1. The Morgan fingerprint density at radius 1 is 0.944 bits per heavy atom. The van der Waals surface area contributed by atoms with Gasteiger partial charge in [-0.25, -0.2) is 0 Å². The Labute approximate surface area is 419 Å². The van der Waals surface area contributed by atoms with Gasteiger partial charge in [-0.15, -0.1) is 0 Å². The third-order valence-electron chi connectivity index (χ3n) is 15.2. The number of aliphatic hydroxyl groups excluding tert-OH is 2. The Morgan fingerprint density at radius 2 is 1.64 bits per heavy atom. The summed E-state index contributed by atoms with van der Waals surface area (Å²) in [5.74, 6) is -10.8. The highest BCUT2D eigenvalue weighted by molar-refractivity contribution is 6.32. The number of aromatic hydroxyl groups is 1. The van der Waals surface area contributed by atoms with Crippen molar-refractivity contribution in [3.05, 3.63) is 69.7 Å².